The van der Waals surface area contributed by atoms with Crippen LogP contribution in [0.3, 0.4) is 0 Å². The first-order chi connectivity index (χ1) is 13.5. The van der Waals surface area contributed by atoms with Gasteiger partial charge in [-0.15, -0.1) is 0 Å². The number of hydrogen-bond donors (Lipinski definition) is 1. The number of nitrogens with zero attached hydrogens (tertiary/aromatic N) is 1. The van der Waals surface area contributed by atoms with Crippen LogP contribution in [0.25, 0.3) is 21.0 Å². The predicted molar refractivity (Wildman–Crippen MR) is 111 cm³/mol. The summed E-state index contributed by atoms with van der Waals surface area (Å²) in [5.74, 6) is -1.99. The lowest BCUT2D eigenvalue weighted by atomic mass is 9.99. The zero-order valence-electron chi connectivity index (χ0n) is 15.1. The molecule has 0 aliphatic carbocycles. The van der Waals surface area contributed by atoms with E-state index in [9.17, 15) is 14.4 Å². The quantitative estimate of drug-likeness (QED) is 0.309. The van der Waals surface area contributed by atoms with E-state index in [2.05, 4.69) is 10.3 Å². The first-order valence-corrected chi connectivity index (χ1v) is 9.55. The number of rotatable bonds is 5. The Bertz CT molecular complexity index is 1240. The van der Waals surface area contributed by atoms with Gasteiger partial charge in [-0.3, -0.25) is 19.7 Å². The van der Waals surface area contributed by atoms with Crippen molar-refractivity contribution in [2.24, 2.45) is 0 Å². The van der Waals surface area contributed by atoms with Gasteiger partial charge in [0, 0.05) is 5.56 Å². The standard InChI is InChI=1S/C22H16N2O3S/c1-13-9-10-17-20(11-13)28-22(23-17)24-21(27)19(26)12-18(25)16-8-4-6-14-5-2-3-7-15(14)16/h2-11H,12H2,1H3,(H,23,24,27). The van der Waals surface area contributed by atoms with Crippen LogP contribution in [0.15, 0.2) is 60.7 Å². The van der Waals surface area contributed by atoms with Crippen LogP contribution in [-0.2, 0) is 9.59 Å². The molecule has 1 N–H and O–H groups in total. The fourth-order valence-electron chi connectivity index (χ4n) is 3.04. The maximum Gasteiger partial charge on any atom is 0.294 e. The molecule has 1 heterocycles. The lowest BCUT2D eigenvalue weighted by Crippen LogP contribution is -2.25. The van der Waals surface area contributed by atoms with Gasteiger partial charge in [0.15, 0.2) is 10.9 Å². The summed E-state index contributed by atoms with van der Waals surface area (Å²) >= 11 is 1.29. The summed E-state index contributed by atoms with van der Waals surface area (Å²) in [4.78, 5) is 41.4. The number of Topliss-reactive ketones (excluding diaryl/α,β-unsaturated/α-hetero) is 2. The van der Waals surface area contributed by atoms with Gasteiger partial charge in [-0.2, -0.15) is 0 Å². The first kappa shape index (κ1) is 18.0. The molecule has 6 heteroatoms. The van der Waals surface area contributed by atoms with Crippen LogP contribution in [0.1, 0.15) is 22.3 Å². The van der Waals surface area contributed by atoms with Crippen molar-refractivity contribution in [3.8, 4) is 0 Å². The molecule has 0 spiro atoms. The number of aryl methyl sites for hydroxylation is 1. The number of carbonyl (C=O) groups is 3. The smallest absolute Gasteiger partial charge is 0.294 e. The Kier molecular flexibility index (Phi) is 4.71. The Morgan fingerprint density at radius 2 is 1.79 bits per heavy atom. The number of benzene rings is 3. The first-order valence-electron chi connectivity index (χ1n) is 8.73. The van der Waals surface area contributed by atoms with Crippen LogP contribution < -0.4 is 5.32 Å². The number of ketones is 2. The summed E-state index contributed by atoms with van der Waals surface area (Å²) in [7, 11) is 0. The van der Waals surface area contributed by atoms with E-state index in [4.69, 9.17) is 0 Å². The Balaban J connectivity index is 1.49. The number of hydrogen-bond acceptors (Lipinski definition) is 5. The van der Waals surface area contributed by atoms with Gasteiger partial charge in [-0.05, 0) is 35.4 Å². The normalized spacial score (nSPS) is 10.9. The van der Waals surface area contributed by atoms with E-state index >= 15 is 0 Å². The molecule has 0 aliphatic rings. The summed E-state index contributed by atoms with van der Waals surface area (Å²) < 4.78 is 0.926. The molecular weight excluding hydrogens is 372 g/mol. The predicted octanol–water partition coefficient (Wildman–Crippen LogP) is 4.54. The molecular formula is C22H16N2O3S. The highest BCUT2D eigenvalue weighted by molar-refractivity contribution is 7.22. The largest absolute Gasteiger partial charge is 0.295 e. The van der Waals surface area contributed by atoms with Crippen LogP contribution in [0.5, 0.6) is 0 Å². The highest BCUT2D eigenvalue weighted by atomic mass is 32.1. The second-order valence-electron chi connectivity index (χ2n) is 6.49. The molecule has 138 valence electrons. The van der Waals surface area contributed by atoms with Gasteiger partial charge in [-0.25, -0.2) is 4.98 Å². The van der Waals surface area contributed by atoms with E-state index in [1.165, 1.54) is 11.3 Å². The van der Waals surface area contributed by atoms with Gasteiger partial charge >= 0.3 is 0 Å². The maximum absolute atomic E-state index is 12.6. The van der Waals surface area contributed by atoms with Crippen molar-refractivity contribution in [2.45, 2.75) is 13.3 Å². The molecule has 0 saturated carbocycles. The molecule has 1 amide bonds. The van der Waals surface area contributed by atoms with Crippen LogP contribution in [-0.4, -0.2) is 22.5 Å². The molecule has 1 aromatic heterocycles. The highest BCUT2D eigenvalue weighted by Crippen LogP contribution is 2.26. The van der Waals surface area contributed by atoms with Crippen LogP contribution in [0, 0.1) is 6.92 Å². The Labute approximate surface area is 165 Å². The zero-order valence-corrected chi connectivity index (χ0v) is 15.9. The molecule has 0 fully saturated rings. The van der Waals surface area contributed by atoms with E-state index in [-0.39, 0.29) is 5.78 Å². The fraction of sp³-hybridized carbons (Fsp3) is 0.0909. The van der Waals surface area contributed by atoms with Crippen LogP contribution in [0.4, 0.5) is 5.13 Å². The van der Waals surface area contributed by atoms with E-state index in [0.29, 0.717) is 10.7 Å². The average molecular weight is 388 g/mol. The zero-order chi connectivity index (χ0) is 19.7. The van der Waals surface area contributed by atoms with Crippen molar-refractivity contribution in [2.75, 3.05) is 5.32 Å². The molecule has 0 radical (unpaired) electrons. The molecule has 0 bridgehead atoms. The molecule has 4 rings (SSSR count). The third kappa shape index (κ3) is 3.54. The maximum atomic E-state index is 12.6. The van der Waals surface area contributed by atoms with Gasteiger partial charge in [-0.1, -0.05) is 59.9 Å². The average Bonchev–Trinajstić information content (AvgIpc) is 3.08. The van der Waals surface area contributed by atoms with Crippen LogP contribution in [0.2, 0.25) is 0 Å². The molecule has 5 nitrogen and oxygen atoms in total. The van der Waals surface area contributed by atoms with Crippen molar-refractivity contribution >= 4 is 54.9 Å². The monoisotopic (exact) mass is 388 g/mol. The lowest BCUT2D eigenvalue weighted by Gasteiger charge is -2.05. The number of nitrogens with one attached hydrogen (secondary N) is 1. The van der Waals surface area contributed by atoms with Gasteiger partial charge in [0.2, 0.25) is 5.78 Å². The van der Waals surface area contributed by atoms with Crippen molar-refractivity contribution < 1.29 is 14.4 Å². The third-order valence-corrected chi connectivity index (χ3v) is 5.36. The molecule has 0 unspecified atom stereocenters. The Hall–Kier alpha value is -3.38. The van der Waals surface area contributed by atoms with Crippen molar-refractivity contribution in [3.63, 3.8) is 0 Å². The Morgan fingerprint density at radius 3 is 2.64 bits per heavy atom. The number of anilines is 1. The molecule has 0 aliphatic heterocycles. The molecule has 28 heavy (non-hydrogen) atoms. The molecule has 4 aromatic rings. The van der Waals surface area contributed by atoms with E-state index in [1.807, 2.05) is 55.5 Å². The fourth-order valence-corrected chi connectivity index (χ4v) is 4.00. The van der Waals surface area contributed by atoms with Crippen LogP contribution >= 0.6 is 11.3 Å². The van der Waals surface area contributed by atoms with Crippen molar-refractivity contribution in [1.29, 1.82) is 0 Å². The number of thiazole rings is 1. The van der Waals surface area contributed by atoms with E-state index in [1.54, 1.807) is 12.1 Å². The summed E-state index contributed by atoms with van der Waals surface area (Å²) in [5, 5.41) is 4.54. The molecule has 0 saturated heterocycles. The second-order valence-corrected chi connectivity index (χ2v) is 7.52. The minimum Gasteiger partial charge on any atom is -0.295 e. The topological polar surface area (TPSA) is 76.1 Å². The van der Waals surface area contributed by atoms with Gasteiger partial charge in [0.25, 0.3) is 5.91 Å². The number of fused-ring (bicyclic) bond motifs is 2. The minimum atomic E-state index is -0.829. The minimum absolute atomic E-state index is 0.344. The Morgan fingerprint density at radius 1 is 1.00 bits per heavy atom. The second kappa shape index (κ2) is 7.32. The molecule has 3 aromatic carbocycles. The van der Waals surface area contributed by atoms with Gasteiger partial charge in [0.05, 0.1) is 16.6 Å². The summed E-state index contributed by atoms with van der Waals surface area (Å²) in [6.45, 7) is 1.97. The van der Waals surface area contributed by atoms with E-state index in [0.717, 1.165) is 26.6 Å². The summed E-state index contributed by atoms with van der Waals surface area (Å²) in [6, 6.07) is 18.5. The van der Waals surface area contributed by atoms with E-state index < -0.39 is 18.1 Å². The van der Waals surface area contributed by atoms with Gasteiger partial charge in [0.1, 0.15) is 0 Å². The van der Waals surface area contributed by atoms with Gasteiger partial charge < -0.3 is 0 Å². The molecule has 0 atom stereocenters. The van der Waals surface area contributed by atoms with Crippen molar-refractivity contribution in [1.82, 2.24) is 4.98 Å². The summed E-state index contributed by atoms with van der Waals surface area (Å²) in [6.07, 6.45) is -0.482. The summed E-state index contributed by atoms with van der Waals surface area (Å²) in [5.41, 5.74) is 2.28. The number of amides is 1. The number of carbonyl (C=O) groups excluding carboxylic acids is 3. The lowest BCUT2D eigenvalue weighted by molar-refractivity contribution is -0.134. The van der Waals surface area contributed by atoms with Crippen molar-refractivity contribution in [3.05, 3.63) is 71.8 Å². The highest BCUT2D eigenvalue weighted by Gasteiger charge is 2.21. The number of aromatic nitrogens is 1. The third-order valence-electron chi connectivity index (χ3n) is 4.43. The SMILES string of the molecule is Cc1ccc2nc(NC(=O)C(=O)CC(=O)c3cccc4ccccc34)sc2c1.